The summed E-state index contributed by atoms with van der Waals surface area (Å²) >= 11 is 0. The highest BCUT2D eigenvalue weighted by Crippen LogP contribution is 2.55. The topological polar surface area (TPSA) is 98.8 Å². The zero-order valence-electron chi connectivity index (χ0n) is 21.9. The van der Waals surface area contributed by atoms with Crippen LogP contribution < -0.4 is 15.5 Å². The van der Waals surface area contributed by atoms with Gasteiger partial charge in [-0.15, -0.1) is 0 Å². The number of imide groups is 1. The third kappa shape index (κ3) is 3.86. The molecule has 3 aliphatic rings. The first-order valence-electron chi connectivity index (χ1n) is 13.3. The van der Waals surface area contributed by atoms with Crippen LogP contribution in [-0.2, 0) is 31.3 Å². The molecule has 39 heavy (non-hydrogen) atoms. The van der Waals surface area contributed by atoms with Crippen molar-refractivity contribution in [1.29, 1.82) is 0 Å². The predicted octanol–water partition coefficient (Wildman–Crippen LogP) is 3.36. The number of hydrogen-bond acceptors (Lipinski definition) is 5. The number of benzene rings is 3. The molecule has 0 saturated carbocycles. The smallest absolute Gasteiger partial charge is 0.253 e. The Labute approximate surface area is 227 Å². The maximum Gasteiger partial charge on any atom is 0.253 e. The molecule has 8 heteroatoms. The summed E-state index contributed by atoms with van der Waals surface area (Å²) in [5, 5.41) is 6.30. The van der Waals surface area contributed by atoms with Crippen LogP contribution in [0.1, 0.15) is 30.0 Å². The largest absolute Gasteiger partial charge is 0.325 e. The highest BCUT2D eigenvalue weighted by atomic mass is 16.2. The van der Waals surface area contributed by atoms with E-state index in [4.69, 9.17) is 0 Å². The van der Waals surface area contributed by atoms with Crippen molar-refractivity contribution < 1.29 is 19.2 Å². The number of amides is 4. The molecule has 8 nitrogen and oxygen atoms in total. The molecule has 2 saturated heterocycles. The number of rotatable bonds is 6. The number of fused-ring (bicyclic) bond motifs is 4. The van der Waals surface area contributed by atoms with Gasteiger partial charge in [0, 0.05) is 23.0 Å². The van der Waals surface area contributed by atoms with E-state index >= 15 is 0 Å². The van der Waals surface area contributed by atoms with Crippen molar-refractivity contribution in [3.8, 4) is 0 Å². The van der Waals surface area contributed by atoms with E-state index in [1.54, 1.807) is 6.07 Å². The molecule has 3 heterocycles. The number of para-hydroxylation sites is 1. The normalized spacial score (nSPS) is 25.4. The highest BCUT2D eigenvalue weighted by Gasteiger charge is 2.71. The molecule has 6 rings (SSSR count). The van der Waals surface area contributed by atoms with Crippen LogP contribution in [0.15, 0.2) is 78.9 Å². The predicted molar refractivity (Wildman–Crippen MR) is 146 cm³/mol. The summed E-state index contributed by atoms with van der Waals surface area (Å²) in [5.74, 6) is -2.89. The van der Waals surface area contributed by atoms with E-state index in [1.807, 2.05) is 86.6 Å². The Hall–Kier alpha value is -4.30. The average Bonchev–Trinajstić information content (AvgIpc) is 3.51. The number of carbonyl (C=O) groups excluding carboxylic acids is 4. The van der Waals surface area contributed by atoms with Gasteiger partial charge in [-0.2, -0.15) is 0 Å². The average molecular weight is 523 g/mol. The summed E-state index contributed by atoms with van der Waals surface area (Å²) in [4.78, 5) is 57.9. The molecule has 4 amide bonds. The molecule has 0 bridgehead atoms. The van der Waals surface area contributed by atoms with Crippen molar-refractivity contribution in [1.82, 2.24) is 10.2 Å². The van der Waals surface area contributed by atoms with Crippen LogP contribution in [0.4, 0.5) is 11.4 Å². The number of hydrogen-bond donors (Lipinski definition) is 2. The van der Waals surface area contributed by atoms with Gasteiger partial charge in [0.1, 0.15) is 12.1 Å². The van der Waals surface area contributed by atoms with E-state index in [9.17, 15) is 19.2 Å². The molecular weight excluding hydrogens is 492 g/mol. The van der Waals surface area contributed by atoms with Crippen LogP contribution >= 0.6 is 0 Å². The molecule has 0 radical (unpaired) electrons. The van der Waals surface area contributed by atoms with Crippen LogP contribution in [0.25, 0.3) is 0 Å². The number of nitrogens with zero attached hydrogens (tertiary/aromatic N) is 2. The van der Waals surface area contributed by atoms with Crippen LogP contribution in [0.3, 0.4) is 0 Å². The van der Waals surface area contributed by atoms with Gasteiger partial charge in [-0.1, -0.05) is 73.2 Å². The van der Waals surface area contributed by atoms with Gasteiger partial charge in [0.2, 0.25) is 17.7 Å². The Bertz CT molecular complexity index is 1470. The molecule has 0 aromatic heterocycles. The maximum absolute atomic E-state index is 14.3. The highest BCUT2D eigenvalue weighted by molar-refractivity contribution is 6.17. The molecular formula is C31H30N4O4. The Morgan fingerprint density at radius 2 is 1.59 bits per heavy atom. The fourth-order valence-electron chi connectivity index (χ4n) is 6.42. The minimum Gasteiger partial charge on any atom is -0.325 e. The van der Waals surface area contributed by atoms with Crippen molar-refractivity contribution >= 4 is 35.0 Å². The molecule has 2 fully saturated rings. The van der Waals surface area contributed by atoms with Crippen molar-refractivity contribution in [2.45, 2.75) is 38.4 Å². The molecule has 4 atom stereocenters. The molecule has 3 aromatic rings. The number of anilines is 2. The molecule has 3 aliphatic heterocycles. The number of carbonyl (C=O) groups is 4. The van der Waals surface area contributed by atoms with Crippen molar-refractivity contribution in [2.75, 3.05) is 16.8 Å². The van der Waals surface area contributed by atoms with E-state index in [-0.39, 0.29) is 42.8 Å². The lowest BCUT2D eigenvalue weighted by Gasteiger charge is -2.30. The Kier molecular flexibility index (Phi) is 6.07. The fraction of sp³-hybridized carbons (Fsp3) is 0.290. The van der Waals surface area contributed by atoms with Crippen LogP contribution in [-0.4, -0.2) is 41.1 Å². The lowest BCUT2D eigenvalue weighted by atomic mass is 9.76. The van der Waals surface area contributed by atoms with Gasteiger partial charge < -0.3 is 10.2 Å². The Morgan fingerprint density at radius 1 is 0.897 bits per heavy atom. The van der Waals surface area contributed by atoms with Gasteiger partial charge in [-0.3, -0.25) is 29.4 Å². The van der Waals surface area contributed by atoms with Crippen molar-refractivity contribution in [2.24, 2.45) is 11.8 Å². The number of aryl methyl sites for hydroxylation is 1. The van der Waals surface area contributed by atoms with Gasteiger partial charge in [0.25, 0.3) is 5.91 Å². The van der Waals surface area contributed by atoms with Gasteiger partial charge >= 0.3 is 0 Å². The Morgan fingerprint density at radius 3 is 2.31 bits per heavy atom. The summed E-state index contributed by atoms with van der Waals surface area (Å²) < 4.78 is 0. The van der Waals surface area contributed by atoms with Crippen LogP contribution in [0, 0.1) is 18.8 Å². The second kappa shape index (κ2) is 9.47. The van der Waals surface area contributed by atoms with E-state index in [1.165, 1.54) is 9.80 Å². The monoisotopic (exact) mass is 522 g/mol. The fourth-order valence-corrected chi connectivity index (χ4v) is 6.42. The lowest BCUT2D eigenvalue weighted by Crippen LogP contribution is -2.55. The van der Waals surface area contributed by atoms with E-state index in [0.29, 0.717) is 23.4 Å². The quantitative estimate of drug-likeness (QED) is 0.484. The minimum atomic E-state index is -1.41. The molecule has 0 unspecified atom stereocenters. The van der Waals surface area contributed by atoms with Crippen molar-refractivity contribution in [3.63, 3.8) is 0 Å². The van der Waals surface area contributed by atoms with Gasteiger partial charge in [-0.25, -0.2) is 0 Å². The SMILES string of the molecule is CC[C@H]1N[C@@]2(C(=O)N(CC(=O)Nc3ccc(C)cc3)c3ccccc32)[C@@H]2C(=O)N(Cc3ccccc3)C(=O)[C@H]21. The molecule has 198 valence electrons. The third-order valence-corrected chi connectivity index (χ3v) is 8.22. The van der Waals surface area contributed by atoms with Gasteiger partial charge in [-0.05, 0) is 37.1 Å². The summed E-state index contributed by atoms with van der Waals surface area (Å²) in [7, 11) is 0. The summed E-state index contributed by atoms with van der Waals surface area (Å²) in [6, 6.07) is 23.7. The third-order valence-electron chi connectivity index (χ3n) is 8.22. The number of likely N-dealkylation sites (tertiary alicyclic amines) is 1. The van der Waals surface area contributed by atoms with E-state index in [0.717, 1.165) is 11.1 Å². The first-order valence-corrected chi connectivity index (χ1v) is 13.3. The minimum absolute atomic E-state index is 0.163. The first-order chi connectivity index (χ1) is 18.8. The standard InChI is InChI=1S/C31H30N4O4/c1-3-23-26-27(29(38)35(28(26)37)17-20-9-5-4-6-10-20)31(33-23)22-11-7-8-12-24(22)34(30(31)39)18-25(36)32-21-15-13-19(2)14-16-21/h4-16,23,26-27,33H,3,17-18H2,1-2H3,(H,32,36)/t23-,26+,27+,31-/m1/s1. The zero-order valence-corrected chi connectivity index (χ0v) is 21.9. The second-order valence-corrected chi connectivity index (χ2v) is 10.5. The first kappa shape index (κ1) is 25.0. The van der Waals surface area contributed by atoms with Crippen LogP contribution in [0.2, 0.25) is 0 Å². The second-order valence-electron chi connectivity index (χ2n) is 10.5. The molecule has 0 aliphatic carbocycles. The summed E-state index contributed by atoms with van der Waals surface area (Å²) in [5.41, 5.74) is 2.35. The van der Waals surface area contributed by atoms with Gasteiger partial charge in [0.05, 0.1) is 18.4 Å². The lowest BCUT2D eigenvalue weighted by molar-refractivity contribution is -0.143. The Balaban J connectivity index is 1.35. The maximum atomic E-state index is 14.3. The van der Waals surface area contributed by atoms with Crippen molar-refractivity contribution in [3.05, 3.63) is 95.6 Å². The van der Waals surface area contributed by atoms with Gasteiger partial charge in [0.15, 0.2) is 0 Å². The summed E-state index contributed by atoms with van der Waals surface area (Å²) in [6.07, 6.45) is 0.574. The van der Waals surface area contributed by atoms with Crippen LogP contribution in [0.5, 0.6) is 0 Å². The molecule has 1 spiro atoms. The summed E-state index contributed by atoms with van der Waals surface area (Å²) in [6.45, 7) is 3.86. The zero-order chi connectivity index (χ0) is 27.3. The number of nitrogens with one attached hydrogen (secondary N) is 2. The van der Waals surface area contributed by atoms with E-state index in [2.05, 4.69) is 10.6 Å². The molecule has 2 N–H and O–H groups in total. The molecule has 3 aromatic carbocycles. The van der Waals surface area contributed by atoms with E-state index < -0.39 is 17.4 Å².